The number of pyridine rings is 1. The highest BCUT2D eigenvalue weighted by molar-refractivity contribution is 6.33. The zero-order valence-corrected chi connectivity index (χ0v) is 8.91. The van der Waals surface area contributed by atoms with Crippen LogP contribution < -0.4 is 0 Å². The van der Waals surface area contributed by atoms with Crippen LogP contribution >= 0.6 is 0 Å². The number of hydrogen-bond acceptors (Lipinski definition) is 4. The summed E-state index contributed by atoms with van der Waals surface area (Å²) in [5, 5.41) is 0. The summed E-state index contributed by atoms with van der Waals surface area (Å²) < 4.78 is 0. The van der Waals surface area contributed by atoms with Crippen LogP contribution in [-0.2, 0) is 0 Å². The van der Waals surface area contributed by atoms with Gasteiger partial charge in [0, 0.05) is 18.0 Å². The molecule has 4 heteroatoms. The van der Waals surface area contributed by atoms with E-state index in [9.17, 15) is 0 Å². The zero-order chi connectivity index (χ0) is 11.3. The van der Waals surface area contributed by atoms with Crippen molar-refractivity contribution in [2.24, 2.45) is 15.0 Å². The first-order valence-electron chi connectivity index (χ1n) is 5.42. The van der Waals surface area contributed by atoms with E-state index in [0.717, 1.165) is 22.7 Å². The van der Waals surface area contributed by atoms with E-state index < -0.39 is 5.54 Å². The normalized spacial score (nSPS) is 27.1. The van der Waals surface area contributed by atoms with Crippen molar-refractivity contribution in [1.82, 2.24) is 4.98 Å². The monoisotopic (exact) mass is 220 g/mol. The minimum absolute atomic E-state index is 0.509. The van der Waals surface area contributed by atoms with E-state index >= 15 is 0 Å². The van der Waals surface area contributed by atoms with E-state index in [2.05, 4.69) is 20.0 Å². The molecule has 1 aromatic heterocycles. The van der Waals surface area contributed by atoms with Crippen molar-refractivity contribution in [3.8, 4) is 0 Å². The summed E-state index contributed by atoms with van der Waals surface area (Å²) in [4.78, 5) is 17.6. The summed E-state index contributed by atoms with van der Waals surface area (Å²) in [5.74, 6) is 0. The van der Waals surface area contributed by atoms with Crippen LogP contribution in [0.3, 0.4) is 0 Å². The van der Waals surface area contributed by atoms with Gasteiger partial charge in [0.25, 0.3) is 0 Å². The lowest BCUT2D eigenvalue weighted by Crippen LogP contribution is -2.44. The minimum atomic E-state index is -0.509. The molecule has 3 heterocycles. The van der Waals surface area contributed by atoms with Crippen molar-refractivity contribution in [1.29, 1.82) is 0 Å². The largest absolute Gasteiger partial charge is 0.257 e. The van der Waals surface area contributed by atoms with Crippen LogP contribution in [-0.4, -0.2) is 28.3 Å². The van der Waals surface area contributed by atoms with Gasteiger partial charge in [0.05, 0.1) is 17.1 Å². The molecule has 0 saturated heterocycles. The number of fused-ring (bicyclic) bond motifs is 2. The Bertz CT molecular complexity index is 664. The Hall–Kier alpha value is -2.36. The third-order valence-electron chi connectivity index (χ3n) is 3.22. The molecule has 4 rings (SSSR count). The first-order valence-corrected chi connectivity index (χ1v) is 5.42. The number of hydrogen-bond donors (Lipinski definition) is 0. The predicted molar refractivity (Wildman–Crippen MR) is 67.6 cm³/mol. The Morgan fingerprint density at radius 3 is 3.12 bits per heavy atom. The minimum Gasteiger partial charge on any atom is -0.257 e. The molecule has 0 aromatic carbocycles. The van der Waals surface area contributed by atoms with Gasteiger partial charge >= 0.3 is 0 Å². The fraction of sp³-hybridized carbons (Fsp3) is 0.0769. The second-order valence-electron chi connectivity index (χ2n) is 4.09. The van der Waals surface area contributed by atoms with Gasteiger partial charge in [-0.05, 0) is 30.4 Å². The van der Waals surface area contributed by atoms with Crippen molar-refractivity contribution in [3.05, 3.63) is 47.9 Å². The summed E-state index contributed by atoms with van der Waals surface area (Å²) in [5.41, 5.74) is 3.30. The Kier molecular flexibility index (Phi) is 1.47. The van der Waals surface area contributed by atoms with Gasteiger partial charge in [0.2, 0.25) is 0 Å². The van der Waals surface area contributed by atoms with Crippen LogP contribution in [0.5, 0.6) is 0 Å². The molecule has 4 nitrogen and oxygen atoms in total. The van der Waals surface area contributed by atoms with E-state index in [1.807, 2.05) is 30.4 Å². The van der Waals surface area contributed by atoms with Gasteiger partial charge < -0.3 is 0 Å². The molecule has 0 saturated carbocycles. The molecule has 2 aliphatic heterocycles. The van der Waals surface area contributed by atoms with Crippen molar-refractivity contribution in [2.75, 3.05) is 0 Å². The van der Waals surface area contributed by atoms with E-state index in [-0.39, 0.29) is 0 Å². The van der Waals surface area contributed by atoms with E-state index in [0.29, 0.717) is 0 Å². The first-order chi connectivity index (χ1) is 8.40. The molecular weight excluding hydrogens is 212 g/mol. The highest BCUT2D eigenvalue weighted by Crippen LogP contribution is 2.34. The standard InChI is InChI=1S/C13H8N4/c1-2-9-10(14-6-1)3-5-13-11(16-8-17-13)4-7-15-12(9)13/h1-8H. The molecule has 1 aromatic rings. The van der Waals surface area contributed by atoms with E-state index in [1.165, 1.54) is 0 Å². The lowest BCUT2D eigenvalue weighted by Gasteiger charge is -2.30. The maximum atomic E-state index is 4.48. The number of nitrogens with zero attached hydrogens (tertiary/aromatic N) is 4. The fourth-order valence-electron chi connectivity index (χ4n) is 2.41. The van der Waals surface area contributed by atoms with Crippen LogP contribution in [0.1, 0.15) is 11.3 Å². The lowest BCUT2D eigenvalue weighted by molar-refractivity contribution is 0.940. The molecule has 1 unspecified atom stereocenters. The van der Waals surface area contributed by atoms with Gasteiger partial charge in [-0.1, -0.05) is 0 Å². The smallest absolute Gasteiger partial charge is 0.165 e. The van der Waals surface area contributed by atoms with E-state index in [1.54, 1.807) is 18.7 Å². The Morgan fingerprint density at radius 2 is 2.12 bits per heavy atom. The topological polar surface area (TPSA) is 50.0 Å². The molecule has 3 aliphatic rings. The Balaban J connectivity index is 2.06. The molecule has 0 bridgehead atoms. The molecule has 0 N–H and O–H groups in total. The lowest BCUT2D eigenvalue weighted by atomic mass is 9.79. The van der Waals surface area contributed by atoms with Crippen LogP contribution in [0.15, 0.2) is 51.7 Å². The second-order valence-corrected chi connectivity index (χ2v) is 4.09. The third kappa shape index (κ3) is 0.970. The first kappa shape index (κ1) is 8.75. The molecule has 1 atom stereocenters. The van der Waals surface area contributed by atoms with Crippen LogP contribution in [0.2, 0.25) is 0 Å². The molecule has 0 radical (unpaired) electrons. The van der Waals surface area contributed by atoms with Crippen LogP contribution in [0.4, 0.5) is 0 Å². The average Bonchev–Trinajstić information content (AvgIpc) is 2.80. The second kappa shape index (κ2) is 2.85. The van der Waals surface area contributed by atoms with Gasteiger partial charge in [-0.3, -0.25) is 9.98 Å². The van der Waals surface area contributed by atoms with Crippen molar-refractivity contribution in [2.45, 2.75) is 5.54 Å². The number of aromatic nitrogens is 1. The summed E-state index contributed by atoms with van der Waals surface area (Å²) in [6, 6.07) is 3.94. The summed E-state index contributed by atoms with van der Waals surface area (Å²) >= 11 is 0. The van der Waals surface area contributed by atoms with Crippen LogP contribution in [0.25, 0.3) is 6.08 Å². The van der Waals surface area contributed by atoms with Crippen molar-refractivity contribution < 1.29 is 0 Å². The highest BCUT2D eigenvalue weighted by atomic mass is 15.1. The quantitative estimate of drug-likeness (QED) is 0.655. The molecule has 80 valence electrons. The van der Waals surface area contributed by atoms with Crippen molar-refractivity contribution in [3.63, 3.8) is 0 Å². The predicted octanol–water partition coefficient (Wildman–Crippen LogP) is 1.65. The maximum Gasteiger partial charge on any atom is 0.165 e. The number of rotatable bonds is 0. The summed E-state index contributed by atoms with van der Waals surface area (Å²) in [6.45, 7) is 0. The Labute approximate surface area is 97.9 Å². The third-order valence-corrected chi connectivity index (χ3v) is 3.22. The van der Waals surface area contributed by atoms with Gasteiger partial charge in [-0.2, -0.15) is 0 Å². The SMILES string of the molecule is C1=CC2=NC=NC23C=Cc2ncccc2C3=N1. The van der Waals surface area contributed by atoms with E-state index in [4.69, 9.17) is 0 Å². The summed E-state index contributed by atoms with van der Waals surface area (Å²) in [6.07, 6.45) is 11.1. The molecular formula is C13H8N4. The fourth-order valence-corrected chi connectivity index (χ4v) is 2.41. The molecule has 17 heavy (non-hydrogen) atoms. The number of aliphatic imine (C=N–C) groups is 3. The maximum absolute atomic E-state index is 4.48. The van der Waals surface area contributed by atoms with Gasteiger partial charge in [0.1, 0.15) is 6.34 Å². The molecule has 0 fully saturated rings. The van der Waals surface area contributed by atoms with Crippen molar-refractivity contribution >= 4 is 23.8 Å². The van der Waals surface area contributed by atoms with Gasteiger partial charge in [-0.15, -0.1) is 0 Å². The average molecular weight is 220 g/mol. The zero-order valence-electron chi connectivity index (χ0n) is 8.91. The van der Waals surface area contributed by atoms with Gasteiger partial charge in [0.15, 0.2) is 5.54 Å². The Morgan fingerprint density at radius 1 is 1.12 bits per heavy atom. The summed E-state index contributed by atoms with van der Waals surface area (Å²) in [7, 11) is 0. The molecule has 1 spiro atoms. The van der Waals surface area contributed by atoms with Crippen LogP contribution in [0, 0.1) is 0 Å². The highest BCUT2D eigenvalue weighted by Gasteiger charge is 2.44. The molecule has 1 aliphatic carbocycles. The van der Waals surface area contributed by atoms with Gasteiger partial charge in [-0.25, -0.2) is 9.98 Å². The molecule has 0 amide bonds.